The quantitative estimate of drug-likeness (QED) is 0.817. The molecule has 0 aliphatic carbocycles. The highest BCUT2D eigenvalue weighted by Crippen LogP contribution is 2.21. The molecule has 2 aliphatic rings. The molecule has 0 bridgehead atoms. The molecule has 94 valence electrons. The van der Waals surface area contributed by atoms with E-state index in [-0.39, 0.29) is 0 Å². The minimum atomic E-state index is 0.770. The monoisotopic (exact) mass is 242 g/mol. The van der Waals surface area contributed by atoms with Crippen molar-refractivity contribution in [2.75, 3.05) is 31.1 Å². The largest absolute Gasteiger partial charge is 0.310 e. The molecule has 2 nitrogen and oxygen atoms in total. The third-order valence-corrected chi connectivity index (χ3v) is 5.26. The van der Waals surface area contributed by atoms with Gasteiger partial charge >= 0.3 is 0 Å². The van der Waals surface area contributed by atoms with Crippen molar-refractivity contribution in [3.63, 3.8) is 0 Å². The van der Waals surface area contributed by atoms with Crippen LogP contribution in [0.2, 0.25) is 0 Å². The molecule has 2 rings (SSSR count). The summed E-state index contributed by atoms with van der Waals surface area (Å²) < 4.78 is 0. The van der Waals surface area contributed by atoms with E-state index in [0.717, 1.165) is 18.0 Å². The van der Waals surface area contributed by atoms with Gasteiger partial charge in [-0.25, -0.2) is 0 Å². The van der Waals surface area contributed by atoms with Crippen molar-refractivity contribution < 1.29 is 0 Å². The smallest absolute Gasteiger partial charge is 0.0161 e. The Labute approximate surface area is 105 Å². The van der Waals surface area contributed by atoms with Crippen LogP contribution in [0.1, 0.15) is 33.1 Å². The molecule has 0 amide bonds. The van der Waals surface area contributed by atoms with Crippen LogP contribution in [0.3, 0.4) is 0 Å². The molecule has 3 atom stereocenters. The summed E-state index contributed by atoms with van der Waals surface area (Å²) in [5.74, 6) is 3.53. The number of piperidine rings is 1. The van der Waals surface area contributed by atoms with E-state index in [1.165, 1.54) is 50.4 Å². The summed E-state index contributed by atoms with van der Waals surface area (Å²) in [5, 5.41) is 3.90. The molecular weight excluding hydrogens is 216 g/mol. The number of nitrogens with zero attached hydrogens (tertiary/aromatic N) is 1. The lowest BCUT2D eigenvalue weighted by atomic mass is 9.93. The first-order chi connectivity index (χ1) is 7.79. The lowest BCUT2D eigenvalue weighted by Crippen LogP contribution is -2.52. The third kappa shape index (κ3) is 3.38. The van der Waals surface area contributed by atoms with Gasteiger partial charge in [0, 0.05) is 24.4 Å². The van der Waals surface area contributed by atoms with Crippen LogP contribution < -0.4 is 5.32 Å². The van der Waals surface area contributed by atoms with Crippen LogP contribution in [0.4, 0.5) is 0 Å². The second-order valence-electron chi connectivity index (χ2n) is 5.35. The molecule has 0 saturated carbocycles. The van der Waals surface area contributed by atoms with Crippen molar-refractivity contribution in [3.8, 4) is 0 Å². The zero-order valence-electron chi connectivity index (χ0n) is 10.7. The van der Waals surface area contributed by atoms with Gasteiger partial charge in [0.05, 0.1) is 0 Å². The minimum absolute atomic E-state index is 0.770. The molecule has 0 aromatic heterocycles. The Bertz CT molecular complexity index is 204. The average Bonchev–Trinajstić information content (AvgIpc) is 2.33. The van der Waals surface area contributed by atoms with Crippen molar-refractivity contribution in [2.24, 2.45) is 5.92 Å². The lowest BCUT2D eigenvalue weighted by molar-refractivity contribution is 0.146. The van der Waals surface area contributed by atoms with Gasteiger partial charge in [0.2, 0.25) is 0 Å². The Morgan fingerprint density at radius 2 is 2.25 bits per heavy atom. The standard InChI is InChI=1S/C13H26N2S/c1-3-15-7-6-13(11(2)9-15)14-12-5-4-8-16-10-12/h11-14H,3-10H2,1-2H3. The van der Waals surface area contributed by atoms with Crippen LogP contribution in [0.15, 0.2) is 0 Å². The number of likely N-dealkylation sites (tertiary alicyclic amines) is 1. The van der Waals surface area contributed by atoms with Gasteiger partial charge in [-0.2, -0.15) is 11.8 Å². The van der Waals surface area contributed by atoms with Crippen molar-refractivity contribution in [2.45, 2.75) is 45.2 Å². The number of rotatable bonds is 3. The predicted molar refractivity (Wildman–Crippen MR) is 73.2 cm³/mol. The normalized spacial score (nSPS) is 37.5. The van der Waals surface area contributed by atoms with E-state index in [1.807, 2.05) is 0 Å². The van der Waals surface area contributed by atoms with Gasteiger partial charge in [-0.05, 0) is 44.0 Å². The molecule has 0 spiro atoms. The van der Waals surface area contributed by atoms with E-state index >= 15 is 0 Å². The summed E-state index contributed by atoms with van der Waals surface area (Å²) in [6.45, 7) is 8.48. The van der Waals surface area contributed by atoms with Gasteiger partial charge < -0.3 is 10.2 Å². The summed E-state index contributed by atoms with van der Waals surface area (Å²) >= 11 is 2.12. The number of thioether (sulfide) groups is 1. The Kier molecular flexibility index (Phi) is 4.98. The molecular formula is C13H26N2S. The van der Waals surface area contributed by atoms with E-state index in [4.69, 9.17) is 0 Å². The molecule has 3 heteroatoms. The fourth-order valence-corrected chi connectivity index (χ4v) is 4.03. The molecule has 0 aromatic rings. The Morgan fingerprint density at radius 1 is 1.38 bits per heavy atom. The Balaban J connectivity index is 1.76. The highest BCUT2D eigenvalue weighted by atomic mass is 32.2. The highest BCUT2D eigenvalue weighted by Gasteiger charge is 2.27. The van der Waals surface area contributed by atoms with Gasteiger partial charge in [-0.1, -0.05) is 13.8 Å². The third-order valence-electron chi connectivity index (χ3n) is 4.05. The van der Waals surface area contributed by atoms with Gasteiger partial charge in [0.1, 0.15) is 0 Å². The van der Waals surface area contributed by atoms with E-state index in [0.29, 0.717) is 0 Å². The van der Waals surface area contributed by atoms with Gasteiger partial charge in [0.15, 0.2) is 0 Å². The highest BCUT2D eigenvalue weighted by molar-refractivity contribution is 7.99. The van der Waals surface area contributed by atoms with E-state index in [2.05, 4.69) is 35.8 Å². The van der Waals surface area contributed by atoms with Gasteiger partial charge in [-0.15, -0.1) is 0 Å². The summed E-state index contributed by atoms with van der Waals surface area (Å²) in [6, 6.07) is 1.56. The van der Waals surface area contributed by atoms with Gasteiger partial charge in [0.25, 0.3) is 0 Å². The first kappa shape index (κ1) is 12.7. The SMILES string of the molecule is CCN1CCC(NC2CCCSC2)C(C)C1. The van der Waals surface area contributed by atoms with Crippen molar-refractivity contribution in [3.05, 3.63) is 0 Å². The molecule has 1 N–H and O–H groups in total. The fourth-order valence-electron chi connectivity index (χ4n) is 2.94. The van der Waals surface area contributed by atoms with Crippen LogP contribution in [0.25, 0.3) is 0 Å². The summed E-state index contributed by atoms with van der Waals surface area (Å²) in [4.78, 5) is 2.58. The van der Waals surface area contributed by atoms with E-state index in [1.54, 1.807) is 0 Å². The summed E-state index contributed by atoms with van der Waals surface area (Å²) in [5.41, 5.74) is 0. The van der Waals surface area contributed by atoms with Crippen LogP contribution in [0, 0.1) is 5.92 Å². The van der Waals surface area contributed by atoms with Crippen molar-refractivity contribution >= 4 is 11.8 Å². The maximum Gasteiger partial charge on any atom is 0.0161 e. The van der Waals surface area contributed by atoms with Gasteiger partial charge in [-0.3, -0.25) is 0 Å². The molecule has 0 aromatic carbocycles. The predicted octanol–water partition coefficient (Wildman–Crippen LogP) is 2.20. The molecule has 0 radical (unpaired) electrons. The Morgan fingerprint density at radius 3 is 2.88 bits per heavy atom. The maximum absolute atomic E-state index is 3.90. The average molecular weight is 242 g/mol. The second-order valence-corrected chi connectivity index (χ2v) is 6.50. The number of hydrogen-bond acceptors (Lipinski definition) is 3. The second kappa shape index (κ2) is 6.27. The maximum atomic E-state index is 3.90. The first-order valence-corrected chi connectivity index (χ1v) is 8.01. The van der Waals surface area contributed by atoms with Crippen molar-refractivity contribution in [1.29, 1.82) is 0 Å². The molecule has 3 unspecified atom stereocenters. The number of nitrogens with one attached hydrogen (secondary N) is 1. The molecule has 2 aliphatic heterocycles. The molecule has 2 fully saturated rings. The van der Waals surface area contributed by atoms with Crippen LogP contribution in [-0.2, 0) is 0 Å². The first-order valence-electron chi connectivity index (χ1n) is 6.85. The Hall–Kier alpha value is 0.270. The zero-order chi connectivity index (χ0) is 11.4. The lowest BCUT2D eigenvalue weighted by Gasteiger charge is -2.39. The molecule has 2 heterocycles. The van der Waals surface area contributed by atoms with Crippen LogP contribution in [0.5, 0.6) is 0 Å². The van der Waals surface area contributed by atoms with Crippen LogP contribution >= 0.6 is 11.8 Å². The zero-order valence-corrected chi connectivity index (χ0v) is 11.6. The van der Waals surface area contributed by atoms with E-state index < -0.39 is 0 Å². The van der Waals surface area contributed by atoms with Crippen molar-refractivity contribution in [1.82, 2.24) is 10.2 Å². The topological polar surface area (TPSA) is 15.3 Å². The minimum Gasteiger partial charge on any atom is -0.310 e. The summed E-state index contributed by atoms with van der Waals surface area (Å²) in [7, 11) is 0. The molecule has 2 saturated heterocycles. The van der Waals surface area contributed by atoms with E-state index in [9.17, 15) is 0 Å². The van der Waals surface area contributed by atoms with Crippen LogP contribution in [-0.4, -0.2) is 48.1 Å². The molecule has 16 heavy (non-hydrogen) atoms. The number of hydrogen-bond donors (Lipinski definition) is 1. The summed E-state index contributed by atoms with van der Waals surface area (Å²) in [6.07, 6.45) is 4.15. The fraction of sp³-hybridized carbons (Fsp3) is 1.00.